The van der Waals surface area contributed by atoms with Crippen LogP contribution in [0, 0.1) is 0 Å². The molecule has 0 aliphatic rings. The first-order chi connectivity index (χ1) is 4.91. The van der Waals surface area contributed by atoms with Crippen molar-refractivity contribution in [1.82, 2.24) is 0 Å². The summed E-state index contributed by atoms with van der Waals surface area (Å²) in [6, 6.07) is 0. The first-order valence-electron chi connectivity index (χ1n) is 4.16. The first kappa shape index (κ1) is 10.7. The van der Waals surface area contributed by atoms with Crippen molar-refractivity contribution in [3.05, 3.63) is 0 Å². The third kappa shape index (κ3) is 8.70. The molecule has 0 radical (unpaired) electrons. The van der Waals surface area contributed by atoms with Crippen molar-refractivity contribution in [1.29, 1.82) is 0 Å². The summed E-state index contributed by atoms with van der Waals surface area (Å²) in [5, 5.41) is 0. The van der Waals surface area contributed by atoms with Crippen molar-refractivity contribution < 1.29 is 0 Å². The Morgan fingerprint density at radius 2 is 1.50 bits per heavy atom. The van der Waals surface area contributed by atoms with Crippen LogP contribution in [0.1, 0.15) is 39.5 Å². The Bertz CT molecular complexity index is 47.2. The molecule has 10 heavy (non-hydrogen) atoms. The van der Waals surface area contributed by atoms with E-state index >= 15 is 0 Å². The van der Waals surface area contributed by atoms with E-state index in [-0.39, 0.29) is 0 Å². The second-order valence-corrected chi connectivity index (χ2v) is 5.05. The molecule has 62 valence electrons. The maximum absolute atomic E-state index is 2.25. The van der Waals surface area contributed by atoms with Crippen molar-refractivity contribution >= 4 is 21.6 Å². The Morgan fingerprint density at radius 1 is 0.800 bits per heavy atom. The molecule has 0 bridgehead atoms. The van der Waals surface area contributed by atoms with Crippen LogP contribution in [0.4, 0.5) is 0 Å². The minimum absolute atomic E-state index is 1.31. The smallest absolute Gasteiger partial charge is 0.00369 e. The van der Waals surface area contributed by atoms with Gasteiger partial charge < -0.3 is 0 Å². The predicted molar refractivity (Wildman–Crippen MR) is 54.7 cm³/mol. The Hall–Kier alpha value is 0.700. The van der Waals surface area contributed by atoms with Gasteiger partial charge in [-0.15, -0.1) is 0 Å². The largest absolute Gasteiger partial charge is 0.0942 e. The van der Waals surface area contributed by atoms with Crippen molar-refractivity contribution in [2.45, 2.75) is 39.5 Å². The van der Waals surface area contributed by atoms with Crippen LogP contribution in [0.15, 0.2) is 0 Å². The van der Waals surface area contributed by atoms with Crippen LogP contribution < -0.4 is 0 Å². The summed E-state index contributed by atoms with van der Waals surface area (Å²) >= 11 is 0. The molecule has 0 saturated heterocycles. The molecule has 0 saturated carbocycles. The zero-order valence-corrected chi connectivity index (χ0v) is 8.69. The topological polar surface area (TPSA) is 0 Å². The van der Waals surface area contributed by atoms with Gasteiger partial charge >= 0.3 is 0 Å². The van der Waals surface area contributed by atoms with Crippen LogP contribution in [0.2, 0.25) is 0 Å². The molecule has 0 unspecified atom stereocenters. The lowest BCUT2D eigenvalue weighted by Crippen LogP contribution is -1.76. The monoisotopic (exact) mass is 178 g/mol. The van der Waals surface area contributed by atoms with Gasteiger partial charge in [-0.05, 0) is 12.8 Å². The molecular weight excluding hydrogens is 160 g/mol. The van der Waals surface area contributed by atoms with E-state index in [4.69, 9.17) is 0 Å². The Kier molecular flexibility index (Phi) is 10.4. The lowest BCUT2D eigenvalue weighted by Gasteiger charge is -1.97. The third-order valence-corrected chi connectivity index (χ3v) is 3.90. The first-order valence-corrected chi connectivity index (χ1v) is 6.65. The third-order valence-electron chi connectivity index (χ3n) is 1.20. The van der Waals surface area contributed by atoms with Crippen LogP contribution >= 0.6 is 21.6 Å². The molecule has 0 aromatic carbocycles. The molecule has 0 aromatic rings. The average molecular weight is 178 g/mol. The van der Waals surface area contributed by atoms with E-state index < -0.39 is 0 Å². The highest BCUT2D eigenvalue weighted by Crippen LogP contribution is 2.22. The zero-order chi connectivity index (χ0) is 7.66. The van der Waals surface area contributed by atoms with Gasteiger partial charge in [-0.2, -0.15) is 0 Å². The maximum atomic E-state index is 2.25. The lowest BCUT2D eigenvalue weighted by atomic mass is 10.3. The minimum Gasteiger partial charge on any atom is -0.0942 e. The molecule has 0 N–H and O–H groups in total. The summed E-state index contributed by atoms with van der Waals surface area (Å²) in [4.78, 5) is 0. The van der Waals surface area contributed by atoms with E-state index in [1.165, 1.54) is 37.2 Å². The molecule has 0 fully saturated rings. The van der Waals surface area contributed by atoms with Crippen LogP contribution in [0.3, 0.4) is 0 Å². The van der Waals surface area contributed by atoms with E-state index in [1.807, 2.05) is 21.6 Å². The number of hydrogen-bond acceptors (Lipinski definition) is 2. The van der Waals surface area contributed by atoms with Gasteiger partial charge in [-0.1, -0.05) is 48.3 Å². The van der Waals surface area contributed by atoms with Gasteiger partial charge in [0.15, 0.2) is 0 Å². The van der Waals surface area contributed by atoms with Gasteiger partial charge in [0.2, 0.25) is 0 Å². The summed E-state index contributed by atoms with van der Waals surface area (Å²) in [5.41, 5.74) is 0. The van der Waals surface area contributed by atoms with Crippen molar-refractivity contribution in [3.8, 4) is 0 Å². The molecule has 0 nitrogen and oxygen atoms in total. The normalized spacial score (nSPS) is 10.2. The fourth-order valence-corrected chi connectivity index (χ4v) is 2.90. The van der Waals surface area contributed by atoms with Gasteiger partial charge in [-0.3, -0.25) is 0 Å². The van der Waals surface area contributed by atoms with Crippen molar-refractivity contribution in [2.24, 2.45) is 0 Å². The number of hydrogen-bond donors (Lipinski definition) is 0. The van der Waals surface area contributed by atoms with Gasteiger partial charge in [0.05, 0.1) is 0 Å². The SMILES string of the molecule is CCCCCSSCCC. The zero-order valence-electron chi connectivity index (χ0n) is 7.06. The molecular formula is C8H18S2. The Labute approximate surface area is 72.9 Å². The second kappa shape index (κ2) is 9.70. The molecule has 0 amide bonds. The van der Waals surface area contributed by atoms with E-state index in [9.17, 15) is 0 Å². The predicted octanol–water partition coefficient (Wildman–Crippen LogP) is 3.97. The Balaban J connectivity index is 2.65. The van der Waals surface area contributed by atoms with Gasteiger partial charge in [0, 0.05) is 11.5 Å². The highest BCUT2D eigenvalue weighted by atomic mass is 33.1. The summed E-state index contributed by atoms with van der Waals surface area (Å²) in [7, 11) is 4.05. The van der Waals surface area contributed by atoms with Crippen molar-refractivity contribution in [3.63, 3.8) is 0 Å². The standard InChI is InChI=1S/C8H18S2/c1-3-5-6-8-10-9-7-4-2/h3-8H2,1-2H3. The molecule has 0 aromatic heterocycles. The van der Waals surface area contributed by atoms with Gasteiger partial charge in [0.1, 0.15) is 0 Å². The van der Waals surface area contributed by atoms with Crippen LogP contribution in [-0.2, 0) is 0 Å². The molecule has 0 spiro atoms. The van der Waals surface area contributed by atoms with Gasteiger partial charge in [0.25, 0.3) is 0 Å². The van der Waals surface area contributed by atoms with E-state index in [1.54, 1.807) is 0 Å². The van der Waals surface area contributed by atoms with Gasteiger partial charge in [-0.25, -0.2) is 0 Å². The number of unbranched alkanes of at least 4 members (excludes halogenated alkanes) is 2. The Morgan fingerprint density at radius 3 is 2.10 bits per heavy atom. The van der Waals surface area contributed by atoms with E-state index in [0.29, 0.717) is 0 Å². The van der Waals surface area contributed by atoms with E-state index in [0.717, 1.165) is 0 Å². The highest BCUT2D eigenvalue weighted by molar-refractivity contribution is 8.76. The molecule has 2 heteroatoms. The quantitative estimate of drug-likeness (QED) is 0.427. The lowest BCUT2D eigenvalue weighted by molar-refractivity contribution is 0.779. The summed E-state index contributed by atoms with van der Waals surface area (Å²) in [6.07, 6.45) is 5.46. The fraction of sp³-hybridized carbons (Fsp3) is 1.00. The summed E-state index contributed by atoms with van der Waals surface area (Å²) in [5.74, 6) is 2.66. The van der Waals surface area contributed by atoms with E-state index in [2.05, 4.69) is 13.8 Å². The van der Waals surface area contributed by atoms with Crippen LogP contribution in [0.5, 0.6) is 0 Å². The van der Waals surface area contributed by atoms with Crippen LogP contribution in [0.25, 0.3) is 0 Å². The summed E-state index contributed by atoms with van der Waals surface area (Å²) < 4.78 is 0. The number of rotatable bonds is 7. The fourth-order valence-electron chi connectivity index (χ4n) is 0.612. The average Bonchev–Trinajstić information content (AvgIpc) is 1.97. The maximum Gasteiger partial charge on any atom is 0.00369 e. The van der Waals surface area contributed by atoms with Crippen LogP contribution in [-0.4, -0.2) is 11.5 Å². The molecule has 0 aliphatic heterocycles. The molecule has 0 atom stereocenters. The molecule has 0 aliphatic carbocycles. The summed E-state index contributed by atoms with van der Waals surface area (Å²) in [6.45, 7) is 4.49. The van der Waals surface area contributed by atoms with Crippen molar-refractivity contribution in [2.75, 3.05) is 11.5 Å². The highest BCUT2D eigenvalue weighted by Gasteiger charge is 1.88. The molecule has 0 rings (SSSR count). The minimum atomic E-state index is 1.31. The molecule has 0 heterocycles. The second-order valence-electron chi connectivity index (χ2n) is 2.35.